The molecule has 1 N–H and O–H groups in total. The molecule has 0 fully saturated rings. The van der Waals surface area contributed by atoms with E-state index in [1.54, 1.807) is 14.2 Å². The van der Waals surface area contributed by atoms with Crippen LogP contribution in [0.1, 0.15) is 0 Å². The van der Waals surface area contributed by atoms with Crippen LogP contribution in [-0.4, -0.2) is 21.3 Å². The molecule has 0 aliphatic carbocycles. The van der Waals surface area contributed by atoms with Gasteiger partial charge >= 0.3 is 0 Å². The fraction of sp³-hybridized carbons (Fsp3) is 0.143. The van der Waals surface area contributed by atoms with Crippen LogP contribution in [0.2, 0.25) is 0 Å². The van der Waals surface area contributed by atoms with Crippen molar-refractivity contribution in [1.82, 2.24) is 0 Å². The van der Waals surface area contributed by atoms with Gasteiger partial charge in [0.05, 0.1) is 14.2 Å². The number of nitrogens with one attached hydrogen (secondary N) is 1. The summed E-state index contributed by atoms with van der Waals surface area (Å²) in [5, 5.41) is 3.27. The first kappa shape index (κ1) is 15.9. The van der Waals surface area contributed by atoms with Gasteiger partial charge in [0.15, 0.2) is 0 Å². The number of benzene rings is 3. The quantitative estimate of drug-likeness (QED) is 0.711. The SMILES string of the molecule is CNc1ccc(-c2ccccc2)cc1-c1ccc(OC)cc1OC. The lowest BCUT2D eigenvalue weighted by atomic mass is 9.96. The van der Waals surface area contributed by atoms with Gasteiger partial charge in [-0.25, -0.2) is 0 Å². The van der Waals surface area contributed by atoms with E-state index in [0.717, 1.165) is 28.3 Å². The normalized spacial score (nSPS) is 10.3. The molecule has 3 aromatic carbocycles. The Bertz CT molecular complexity index is 828. The summed E-state index contributed by atoms with van der Waals surface area (Å²) in [5.41, 5.74) is 5.54. The van der Waals surface area contributed by atoms with Crippen molar-refractivity contribution in [2.45, 2.75) is 0 Å². The van der Waals surface area contributed by atoms with Crippen molar-refractivity contribution in [2.75, 3.05) is 26.6 Å². The van der Waals surface area contributed by atoms with Gasteiger partial charge in [-0.2, -0.15) is 0 Å². The molecule has 24 heavy (non-hydrogen) atoms. The summed E-state index contributed by atoms with van der Waals surface area (Å²) in [6, 6.07) is 22.7. The van der Waals surface area contributed by atoms with E-state index in [2.05, 4.69) is 47.8 Å². The molecule has 0 spiro atoms. The molecule has 0 saturated carbocycles. The van der Waals surface area contributed by atoms with Gasteiger partial charge in [-0.1, -0.05) is 36.4 Å². The number of methoxy groups -OCH3 is 2. The van der Waals surface area contributed by atoms with Crippen LogP contribution in [0.25, 0.3) is 22.3 Å². The maximum absolute atomic E-state index is 5.58. The lowest BCUT2D eigenvalue weighted by Gasteiger charge is -2.15. The Kier molecular flexibility index (Phi) is 4.71. The predicted octanol–water partition coefficient (Wildman–Crippen LogP) is 5.08. The van der Waals surface area contributed by atoms with E-state index in [9.17, 15) is 0 Å². The summed E-state index contributed by atoms with van der Waals surface area (Å²) in [5.74, 6) is 1.57. The lowest BCUT2D eigenvalue weighted by molar-refractivity contribution is 0.395. The second-order valence-electron chi connectivity index (χ2n) is 5.44. The van der Waals surface area contributed by atoms with E-state index < -0.39 is 0 Å². The van der Waals surface area contributed by atoms with Crippen molar-refractivity contribution in [3.05, 3.63) is 66.7 Å². The molecule has 0 heterocycles. The van der Waals surface area contributed by atoms with E-state index in [1.165, 1.54) is 11.1 Å². The summed E-state index contributed by atoms with van der Waals surface area (Å²) < 4.78 is 10.9. The summed E-state index contributed by atoms with van der Waals surface area (Å²) in [4.78, 5) is 0. The Morgan fingerprint density at radius 3 is 2.17 bits per heavy atom. The van der Waals surface area contributed by atoms with Crippen LogP contribution in [0, 0.1) is 0 Å². The van der Waals surface area contributed by atoms with Crippen molar-refractivity contribution in [3.8, 4) is 33.8 Å². The van der Waals surface area contributed by atoms with Crippen LogP contribution in [0.15, 0.2) is 66.7 Å². The molecule has 3 heteroatoms. The number of hydrogen-bond donors (Lipinski definition) is 1. The fourth-order valence-corrected chi connectivity index (χ4v) is 2.82. The highest BCUT2D eigenvalue weighted by Crippen LogP contribution is 2.39. The van der Waals surface area contributed by atoms with Crippen LogP contribution in [0.3, 0.4) is 0 Å². The zero-order valence-electron chi connectivity index (χ0n) is 14.2. The summed E-state index contributed by atoms with van der Waals surface area (Å²) in [7, 11) is 5.26. The van der Waals surface area contributed by atoms with Gasteiger partial charge in [0.1, 0.15) is 11.5 Å². The van der Waals surface area contributed by atoms with Gasteiger partial charge in [0, 0.05) is 29.9 Å². The van der Waals surface area contributed by atoms with Crippen molar-refractivity contribution in [2.24, 2.45) is 0 Å². The second kappa shape index (κ2) is 7.09. The van der Waals surface area contributed by atoms with Crippen LogP contribution in [0.4, 0.5) is 5.69 Å². The zero-order valence-corrected chi connectivity index (χ0v) is 14.2. The first-order valence-corrected chi connectivity index (χ1v) is 7.86. The van der Waals surface area contributed by atoms with E-state index >= 15 is 0 Å². The molecule has 0 aliphatic heterocycles. The van der Waals surface area contributed by atoms with Crippen LogP contribution in [0.5, 0.6) is 11.5 Å². The van der Waals surface area contributed by atoms with E-state index in [0.29, 0.717) is 0 Å². The summed E-state index contributed by atoms with van der Waals surface area (Å²) in [6.45, 7) is 0. The minimum absolute atomic E-state index is 0.779. The van der Waals surface area contributed by atoms with Crippen LogP contribution >= 0.6 is 0 Å². The Morgan fingerprint density at radius 2 is 1.50 bits per heavy atom. The number of rotatable bonds is 5. The van der Waals surface area contributed by atoms with Crippen molar-refractivity contribution < 1.29 is 9.47 Å². The third kappa shape index (κ3) is 3.06. The fourth-order valence-electron chi connectivity index (χ4n) is 2.82. The maximum Gasteiger partial charge on any atom is 0.130 e. The Balaban J connectivity index is 2.16. The van der Waals surface area contributed by atoms with Crippen molar-refractivity contribution >= 4 is 5.69 Å². The molecule has 0 aliphatic rings. The smallest absolute Gasteiger partial charge is 0.130 e. The Morgan fingerprint density at radius 1 is 0.708 bits per heavy atom. The van der Waals surface area contributed by atoms with Crippen LogP contribution in [-0.2, 0) is 0 Å². The molecule has 0 radical (unpaired) electrons. The van der Waals surface area contributed by atoms with E-state index in [4.69, 9.17) is 9.47 Å². The molecule has 0 bridgehead atoms. The molecule has 3 aromatic rings. The highest BCUT2D eigenvalue weighted by atomic mass is 16.5. The highest BCUT2D eigenvalue weighted by Gasteiger charge is 2.12. The molecule has 0 saturated heterocycles. The molecule has 3 nitrogen and oxygen atoms in total. The first-order chi connectivity index (χ1) is 11.8. The van der Waals surface area contributed by atoms with E-state index in [1.807, 2.05) is 31.3 Å². The minimum Gasteiger partial charge on any atom is -0.497 e. The zero-order chi connectivity index (χ0) is 16.9. The molecule has 0 amide bonds. The first-order valence-electron chi connectivity index (χ1n) is 7.86. The molecule has 0 unspecified atom stereocenters. The Hall–Kier alpha value is -2.94. The number of anilines is 1. The van der Waals surface area contributed by atoms with Gasteiger partial charge in [0.2, 0.25) is 0 Å². The summed E-state index contributed by atoms with van der Waals surface area (Å²) in [6.07, 6.45) is 0. The highest BCUT2D eigenvalue weighted by molar-refractivity contribution is 5.86. The van der Waals surface area contributed by atoms with Crippen molar-refractivity contribution in [3.63, 3.8) is 0 Å². The van der Waals surface area contributed by atoms with Gasteiger partial charge < -0.3 is 14.8 Å². The molecule has 0 aromatic heterocycles. The average Bonchev–Trinajstić information content (AvgIpc) is 2.67. The third-order valence-electron chi connectivity index (χ3n) is 4.09. The van der Waals surface area contributed by atoms with Crippen LogP contribution < -0.4 is 14.8 Å². The van der Waals surface area contributed by atoms with Gasteiger partial charge in [-0.3, -0.25) is 0 Å². The number of ether oxygens (including phenoxy) is 2. The standard InChI is InChI=1S/C21H21NO2/c1-22-20-12-9-16(15-7-5-4-6-8-15)13-19(20)18-11-10-17(23-2)14-21(18)24-3/h4-14,22H,1-3H3. The van der Waals surface area contributed by atoms with Crippen molar-refractivity contribution in [1.29, 1.82) is 0 Å². The van der Waals surface area contributed by atoms with Gasteiger partial charge in [-0.05, 0) is 35.4 Å². The molecule has 3 rings (SSSR count). The van der Waals surface area contributed by atoms with Gasteiger partial charge in [-0.15, -0.1) is 0 Å². The maximum atomic E-state index is 5.58. The molecular formula is C21H21NO2. The van der Waals surface area contributed by atoms with E-state index in [-0.39, 0.29) is 0 Å². The second-order valence-corrected chi connectivity index (χ2v) is 5.44. The topological polar surface area (TPSA) is 30.5 Å². The number of hydrogen-bond acceptors (Lipinski definition) is 3. The predicted molar refractivity (Wildman–Crippen MR) is 100.0 cm³/mol. The monoisotopic (exact) mass is 319 g/mol. The largest absolute Gasteiger partial charge is 0.497 e. The molecule has 122 valence electrons. The molecular weight excluding hydrogens is 298 g/mol. The average molecular weight is 319 g/mol. The lowest BCUT2D eigenvalue weighted by Crippen LogP contribution is -1.96. The Labute approximate surface area is 142 Å². The van der Waals surface area contributed by atoms with Gasteiger partial charge in [0.25, 0.3) is 0 Å². The molecule has 0 atom stereocenters. The summed E-state index contributed by atoms with van der Waals surface area (Å²) >= 11 is 0. The minimum atomic E-state index is 0.779. The third-order valence-corrected chi connectivity index (χ3v) is 4.09.